The molecule has 0 saturated carbocycles. The molecule has 0 unspecified atom stereocenters. The van der Waals surface area contributed by atoms with Gasteiger partial charge in [-0.05, 0) is 22.0 Å². The molecule has 0 fully saturated rings. The lowest BCUT2D eigenvalue weighted by atomic mass is 10.3. The van der Waals surface area contributed by atoms with Gasteiger partial charge in [0.05, 0.1) is 15.5 Å². The summed E-state index contributed by atoms with van der Waals surface area (Å²) in [5, 5.41) is 0. The molecular weight excluding hydrogens is 388 g/mol. The van der Waals surface area contributed by atoms with Gasteiger partial charge in [0.15, 0.2) is 5.82 Å². The number of imidazole rings is 1. The van der Waals surface area contributed by atoms with Crippen LogP contribution >= 0.6 is 50.7 Å². The van der Waals surface area contributed by atoms with Gasteiger partial charge in [-0.3, -0.25) is 0 Å². The van der Waals surface area contributed by atoms with Crippen molar-refractivity contribution in [3.05, 3.63) is 22.4 Å². The highest BCUT2D eigenvalue weighted by Gasteiger charge is 2.27. The Morgan fingerprint density at radius 3 is 2.63 bits per heavy atom. The van der Waals surface area contributed by atoms with Crippen LogP contribution in [0.5, 0.6) is 5.75 Å². The van der Waals surface area contributed by atoms with Crippen LogP contribution in [0.2, 0.25) is 0 Å². The predicted molar refractivity (Wildman–Crippen MR) is 74.5 cm³/mol. The maximum absolute atomic E-state index is 12.1. The minimum Gasteiger partial charge on any atom is -0.486 e. The average molecular weight is 394 g/mol. The average Bonchev–Trinajstić information content (AvgIpc) is 2.68. The summed E-state index contributed by atoms with van der Waals surface area (Å²) in [4.78, 5) is 6.90. The highest BCUT2D eigenvalue weighted by molar-refractivity contribution is 9.10. The first-order chi connectivity index (χ1) is 8.77. The molecule has 0 bridgehead atoms. The molecule has 0 amide bonds. The molecule has 1 heterocycles. The lowest BCUT2D eigenvalue weighted by molar-refractivity contribution is 0.0816. The summed E-state index contributed by atoms with van der Waals surface area (Å²) in [7, 11) is 0. The van der Waals surface area contributed by atoms with Crippen LogP contribution in [0, 0.1) is 0 Å². The maximum Gasteiger partial charge on any atom is 0.272 e. The van der Waals surface area contributed by atoms with Gasteiger partial charge in [0.2, 0.25) is 3.79 Å². The Balaban J connectivity index is 2.38. The number of nitrogens with one attached hydrogen (secondary N) is 1. The summed E-state index contributed by atoms with van der Waals surface area (Å²) in [6.07, 6.45) is -2.56. The second-order valence-corrected chi connectivity index (χ2v) is 6.72. The number of benzene rings is 1. The van der Waals surface area contributed by atoms with Crippen molar-refractivity contribution in [2.24, 2.45) is 0 Å². The zero-order valence-electron chi connectivity index (χ0n) is 9.06. The van der Waals surface area contributed by atoms with Crippen LogP contribution in [-0.2, 0) is 3.79 Å². The first-order valence-corrected chi connectivity index (χ1v) is 6.87. The maximum atomic E-state index is 12.1. The van der Waals surface area contributed by atoms with Gasteiger partial charge in [0, 0.05) is 6.07 Å². The Morgan fingerprint density at radius 2 is 2.05 bits per heavy atom. The van der Waals surface area contributed by atoms with Gasteiger partial charge in [0.1, 0.15) is 12.4 Å². The van der Waals surface area contributed by atoms with Crippen molar-refractivity contribution < 1.29 is 13.5 Å². The van der Waals surface area contributed by atoms with Crippen molar-refractivity contribution in [3.8, 4) is 5.75 Å². The molecule has 0 radical (unpaired) electrons. The van der Waals surface area contributed by atoms with Crippen molar-refractivity contribution in [1.82, 2.24) is 9.97 Å². The van der Waals surface area contributed by atoms with E-state index in [1.165, 1.54) is 6.07 Å². The van der Waals surface area contributed by atoms with Gasteiger partial charge < -0.3 is 9.72 Å². The molecule has 1 aromatic carbocycles. The van der Waals surface area contributed by atoms with Crippen molar-refractivity contribution in [2.45, 2.75) is 10.2 Å². The number of aromatic amines is 1. The van der Waals surface area contributed by atoms with E-state index < -0.39 is 16.8 Å². The van der Waals surface area contributed by atoms with E-state index in [2.05, 4.69) is 25.9 Å². The van der Waals surface area contributed by atoms with Gasteiger partial charge in [-0.1, -0.05) is 34.8 Å². The molecule has 2 aromatic rings. The largest absolute Gasteiger partial charge is 0.486 e. The highest BCUT2D eigenvalue weighted by atomic mass is 79.9. The van der Waals surface area contributed by atoms with Crippen LogP contribution in [0.1, 0.15) is 5.82 Å². The normalized spacial score (nSPS) is 12.4. The van der Waals surface area contributed by atoms with Crippen molar-refractivity contribution in [3.63, 3.8) is 0 Å². The van der Waals surface area contributed by atoms with E-state index in [1.54, 1.807) is 6.07 Å². The minimum atomic E-state index is -2.56. The van der Waals surface area contributed by atoms with Crippen LogP contribution in [0.25, 0.3) is 11.0 Å². The number of fused-ring (bicyclic) bond motifs is 1. The van der Waals surface area contributed by atoms with Crippen molar-refractivity contribution in [1.29, 1.82) is 0 Å². The first-order valence-electron chi connectivity index (χ1n) is 4.95. The molecule has 0 aliphatic carbocycles. The number of rotatable bonds is 3. The summed E-state index contributed by atoms with van der Waals surface area (Å²) in [5.41, 5.74) is 1.05. The standard InChI is InChI=1S/C10H6BrCl3F2N2O/c11-4-1-5-6(2-7(4)19-3-8(15)16)18-9(17-5)10(12,13)14/h1-2,8H,3H2,(H,17,18). The summed E-state index contributed by atoms with van der Waals surface area (Å²) in [6.45, 7) is -0.703. The number of halogens is 6. The monoisotopic (exact) mass is 392 g/mol. The van der Waals surface area contributed by atoms with E-state index in [4.69, 9.17) is 39.5 Å². The molecule has 0 spiro atoms. The van der Waals surface area contributed by atoms with E-state index >= 15 is 0 Å². The Hall–Kier alpha value is -0.300. The second kappa shape index (κ2) is 5.60. The fraction of sp³-hybridized carbons (Fsp3) is 0.300. The molecule has 1 N–H and O–H groups in total. The van der Waals surface area contributed by atoms with Crippen LogP contribution in [-0.4, -0.2) is 23.0 Å². The lowest BCUT2D eigenvalue weighted by Gasteiger charge is -2.07. The molecule has 19 heavy (non-hydrogen) atoms. The van der Waals surface area contributed by atoms with Gasteiger partial charge in [-0.25, -0.2) is 13.8 Å². The number of nitrogens with zero attached hydrogens (tertiary/aromatic N) is 1. The lowest BCUT2D eigenvalue weighted by Crippen LogP contribution is -2.07. The van der Waals surface area contributed by atoms with Gasteiger partial charge >= 0.3 is 0 Å². The predicted octanol–water partition coefficient (Wildman–Crippen LogP) is 4.80. The SMILES string of the molecule is FC(F)COc1cc2nc(C(Cl)(Cl)Cl)[nH]c2cc1Br. The number of alkyl halides is 5. The summed E-state index contributed by atoms with van der Waals surface area (Å²) < 4.78 is 28.0. The van der Waals surface area contributed by atoms with Gasteiger partial charge in [-0.15, -0.1) is 0 Å². The fourth-order valence-electron chi connectivity index (χ4n) is 1.41. The van der Waals surface area contributed by atoms with Crippen molar-refractivity contribution >= 4 is 61.8 Å². The molecule has 1 aromatic heterocycles. The number of hydrogen-bond donors (Lipinski definition) is 1. The molecular formula is C10H6BrCl3F2N2O. The van der Waals surface area contributed by atoms with Crippen LogP contribution in [0.3, 0.4) is 0 Å². The quantitative estimate of drug-likeness (QED) is 0.760. The van der Waals surface area contributed by atoms with E-state index in [0.29, 0.717) is 15.5 Å². The fourth-order valence-corrected chi connectivity index (χ4v) is 2.14. The minimum absolute atomic E-state index is 0.144. The molecule has 0 saturated heterocycles. The van der Waals surface area contributed by atoms with E-state index in [1.807, 2.05) is 0 Å². The van der Waals surface area contributed by atoms with Crippen LogP contribution in [0.15, 0.2) is 16.6 Å². The van der Waals surface area contributed by atoms with E-state index in [9.17, 15) is 8.78 Å². The first kappa shape index (κ1) is 15.1. The number of hydrogen-bond acceptors (Lipinski definition) is 2. The molecule has 0 aliphatic heterocycles. The number of aromatic nitrogens is 2. The van der Waals surface area contributed by atoms with Gasteiger partial charge in [-0.2, -0.15) is 0 Å². The number of H-pyrrole nitrogens is 1. The summed E-state index contributed by atoms with van der Waals surface area (Å²) >= 11 is 20.3. The Morgan fingerprint density at radius 1 is 1.37 bits per heavy atom. The molecule has 104 valence electrons. The van der Waals surface area contributed by atoms with Gasteiger partial charge in [0.25, 0.3) is 6.43 Å². The summed E-state index contributed by atoms with van der Waals surface area (Å²) in [5.74, 6) is 0.389. The Bertz CT molecular complexity index is 600. The third kappa shape index (κ3) is 3.62. The third-order valence-corrected chi connectivity index (χ3v) is 3.33. The van der Waals surface area contributed by atoms with Crippen LogP contribution < -0.4 is 4.74 Å². The Kier molecular flexibility index (Phi) is 4.45. The molecule has 3 nitrogen and oxygen atoms in total. The highest BCUT2D eigenvalue weighted by Crippen LogP contribution is 2.38. The topological polar surface area (TPSA) is 37.9 Å². The zero-order valence-corrected chi connectivity index (χ0v) is 12.9. The third-order valence-electron chi connectivity index (χ3n) is 2.17. The van der Waals surface area contributed by atoms with Crippen LogP contribution in [0.4, 0.5) is 8.78 Å². The molecule has 0 aliphatic rings. The number of ether oxygens (including phenoxy) is 1. The second-order valence-electron chi connectivity index (χ2n) is 3.59. The zero-order chi connectivity index (χ0) is 14.2. The summed E-state index contributed by atoms with van der Waals surface area (Å²) in [6, 6.07) is 3.10. The van der Waals surface area contributed by atoms with Crippen molar-refractivity contribution in [2.75, 3.05) is 6.61 Å². The van der Waals surface area contributed by atoms with E-state index in [0.717, 1.165) is 0 Å². The molecule has 2 rings (SSSR count). The molecule has 9 heteroatoms. The Labute approximate surface area is 130 Å². The smallest absolute Gasteiger partial charge is 0.272 e. The molecule has 0 atom stereocenters. The van der Waals surface area contributed by atoms with E-state index in [-0.39, 0.29) is 11.6 Å².